The Morgan fingerprint density at radius 3 is 2.96 bits per heavy atom. The molecule has 4 rings (SSSR count). The number of rotatable bonds is 4. The molecule has 1 aliphatic heterocycles. The van der Waals surface area contributed by atoms with Crippen molar-refractivity contribution in [3.8, 4) is 0 Å². The Bertz CT molecular complexity index is 689. The van der Waals surface area contributed by atoms with Crippen molar-refractivity contribution in [3.63, 3.8) is 0 Å². The highest BCUT2D eigenvalue weighted by molar-refractivity contribution is 7.11. The summed E-state index contributed by atoms with van der Waals surface area (Å²) >= 11 is 3.16. The van der Waals surface area contributed by atoms with Crippen LogP contribution in [-0.2, 0) is 6.54 Å². The lowest BCUT2D eigenvalue weighted by atomic mass is 9.93. The van der Waals surface area contributed by atoms with Gasteiger partial charge in [-0.1, -0.05) is 0 Å². The minimum absolute atomic E-state index is 0.164. The van der Waals surface area contributed by atoms with Crippen LogP contribution in [0, 0.1) is 12.3 Å². The van der Waals surface area contributed by atoms with Crippen molar-refractivity contribution >= 4 is 28.6 Å². The van der Waals surface area contributed by atoms with Gasteiger partial charge < -0.3 is 10.2 Å². The number of nitrogens with zero attached hydrogens (tertiary/aromatic N) is 2. The lowest BCUT2D eigenvalue weighted by Crippen LogP contribution is -2.39. The number of aryl methyl sites for hydroxylation is 1. The van der Waals surface area contributed by atoms with Crippen molar-refractivity contribution in [2.24, 2.45) is 5.41 Å². The van der Waals surface area contributed by atoms with Crippen molar-refractivity contribution in [1.82, 2.24) is 15.2 Å². The van der Waals surface area contributed by atoms with Gasteiger partial charge in [-0.15, -0.1) is 11.3 Å². The van der Waals surface area contributed by atoms with Gasteiger partial charge in [-0.25, -0.2) is 4.98 Å². The highest BCUT2D eigenvalue weighted by Crippen LogP contribution is 2.56. The molecule has 0 bridgehead atoms. The number of thiazole rings is 1. The molecule has 2 aromatic rings. The molecule has 0 aromatic carbocycles. The third-order valence-electron chi connectivity index (χ3n) is 5.26. The van der Waals surface area contributed by atoms with Gasteiger partial charge in [-0.05, 0) is 67.1 Å². The maximum Gasteiger partial charge on any atom is 0.266 e. The van der Waals surface area contributed by atoms with Crippen LogP contribution in [-0.4, -0.2) is 34.9 Å². The molecule has 3 heterocycles. The largest absolute Gasteiger partial charge is 0.330 e. The summed E-state index contributed by atoms with van der Waals surface area (Å²) in [6, 6.07) is 2.51. The van der Waals surface area contributed by atoms with Gasteiger partial charge in [0.05, 0.1) is 11.2 Å². The molecule has 2 aliphatic rings. The molecule has 4 nitrogen and oxygen atoms in total. The Labute approximate surface area is 144 Å². The van der Waals surface area contributed by atoms with Crippen LogP contribution in [0.25, 0.3) is 0 Å². The summed E-state index contributed by atoms with van der Waals surface area (Å²) in [5.74, 6) is 0.164. The molecule has 6 heteroatoms. The molecule has 1 amide bonds. The maximum absolute atomic E-state index is 13.1. The van der Waals surface area contributed by atoms with Gasteiger partial charge in [0.1, 0.15) is 4.88 Å². The van der Waals surface area contributed by atoms with Crippen LogP contribution in [0.3, 0.4) is 0 Å². The van der Waals surface area contributed by atoms with E-state index in [-0.39, 0.29) is 5.91 Å². The number of thiophene rings is 1. The number of aromatic nitrogens is 1. The number of amides is 1. The van der Waals surface area contributed by atoms with Crippen molar-refractivity contribution < 1.29 is 4.79 Å². The van der Waals surface area contributed by atoms with E-state index in [4.69, 9.17) is 0 Å². The first kappa shape index (κ1) is 15.3. The Morgan fingerprint density at radius 2 is 2.30 bits per heavy atom. The van der Waals surface area contributed by atoms with Gasteiger partial charge in [-0.2, -0.15) is 11.3 Å². The minimum Gasteiger partial charge on any atom is -0.330 e. The van der Waals surface area contributed by atoms with Gasteiger partial charge in [-0.3, -0.25) is 4.79 Å². The van der Waals surface area contributed by atoms with E-state index in [9.17, 15) is 4.79 Å². The zero-order valence-electron chi connectivity index (χ0n) is 13.2. The fraction of sp³-hybridized carbons (Fsp3) is 0.529. The average Bonchev–Trinajstić information content (AvgIpc) is 2.97. The summed E-state index contributed by atoms with van der Waals surface area (Å²) in [5, 5.41) is 7.68. The second kappa shape index (κ2) is 6.00. The topological polar surface area (TPSA) is 45.2 Å². The first-order valence-electron chi connectivity index (χ1n) is 8.12. The van der Waals surface area contributed by atoms with Crippen molar-refractivity contribution in [2.45, 2.75) is 38.8 Å². The van der Waals surface area contributed by atoms with E-state index in [1.165, 1.54) is 29.7 Å². The fourth-order valence-corrected chi connectivity index (χ4v) is 5.19. The monoisotopic (exact) mass is 347 g/mol. The van der Waals surface area contributed by atoms with E-state index >= 15 is 0 Å². The predicted octanol–water partition coefficient (Wildman–Crippen LogP) is 3.30. The molecule has 1 saturated carbocycles. The van der Waals surface area contributed by atoms with E-state index in [2.05, 4.69) is 32.0 Å². The molecule has 1 atom stereocenters. The summed E-state index contributed by atoms with van der Waals surface area (Å²) in [6.45, 7) is 4.81. The summed E-state index contributed by atoms with van der Waals surface area (Å²) in [4.78, 5) is 20.3. The zero-order valence-corrected chi connectivity index (χ0v) is 14.9. The van der Waals surface area contributed by atoms with E-state index < -0.39 is 0 Å². The molecule has 2 aromatic heterocycles. The number of hydrogen-bond acceptors (Lipinski definition) is 5. The lowest BCUT2D eigenvalue weighted by molar-refractivity contribution is 0.0696. The number of nitrogens with one attached hydrogen (secondary N) is 1. The quantitative estimate of drug-likeness (QED) is 0.923. The van der Waals surface area contributed by atoms with Gasteiger partial charge in [0.2, 0.25) is 0 Å². The molecule has 122 valence electrons. The highest BCUT2D eigenvalue weighted by atomic mass is 32.1. The van der Waals surface area contributed by atoms with Crippen LogP contribution in [0.2, 0.25) is 0 Å². The predicted molar refractivity (Wildman–Crippen MR) is 94.0 cm³/mol. The summed E-state index contributed by atoms with van der Waals surface area (Å²) in [5.41, 5.74) is 4.23. The van der Waals surface area contributed by atoms with Crippen LogP contribution in [0.5, 0.6) is 0 Å². The molecule has 23 heavy (non-hydrogen) atoms. The van der Waals surface area contributed by atoms with E-state index in [0.717, 1.165) is 36.6 Å². The zero-order chi connectivity index (χ0) is 15.9. The summed E-state index contributed by atoms with van der Waals surface area (Å²) < 4.78 is 0. The molecule has 1 saturated heterocycles. The molecule has 1 N–H and O–H groups in total. The molecule has 1 spiro atoms. The normalized spacial score (nSPS) is 22.2. The van der Waals surface area contributed by atoms with Gasteiger partial charge in [0.25, 0.3) is 5.91 Å². The standard InChI is InChI=1S/C17H21N3OS2/c1-12-15(23-11-19-12)16(21)20(9-13-2-7-22-10-13)14-8-17(14)3-5-18-6-4-17/h2,7,10-11,14,18H,3-6,8-9H2,1H3/t14-/m1/s1. The summed E-state index contributed by atoms with van der Waals surface area (Å²) in [6.07, 6.45) is 3.53. The van der Waals surface area contributed by atoms with E-state index in [1.807, 2.05) is 6.92 Å². The SMILES string of the molecule is Cc1ncsc1C(=O)N(Cc1ccsc1)[C@@H]1CC12CCNCC2. The molecule has 2 fully saturated rings. The molecule has 0 unspecified atom stereocenters. The average molecular weight is 348 g/mol. The van der Waals surface area contributed by atoms with Crippen LogP contribution >= 0.6 is 22.7 Å². The number of carbonyl (C=O) groups excluding carboxylic acids is 1. The van der Waals surface area contributed by atoms with Crippen molar-refractivity contribution in [1.29, 1.82) is 0 Å². The Balaban J connectivity index is 1.59. The van der Waals surface area contributed by atoms with Crippen molar-refractivity contribution in [3.05, 3.63) is 38.5 Å². The smallest absolute Gasteiger partial charge is 0.266 e. The van der Waals surface area contributed by atoms with Crippen LogP contribution in [0.4, 0.5) is 0 Å². The van der Waals surface area contributed by atoms with Crippen LogP contribution in [0.15, 0.2) is 22.3 Å². The Morgan fingerprint density at radius 1 is 1.48 bits per heavy atom. The van der Waals surface area contributed by atoms with Gasteiger partial charge in [0, 0.05) is 12.6 Å². The minimum atomic E-state index is 0.164. The third-order valence-corrected chi connectivity index (χ3v) is 6.90. The third kappa shape index (κ3) is 2.84. The molecule has 0 radical (unpaired) electrons. The number of hydrogen-bond donors (Lipinski definition) is 1. The molecular formula is C17H21N3OS2. The van der Waals surface area contributed by atoms with Crippen molar-refractivity contribution in [2.75, 3.05) is 13.1 Å². The number of piperidine rings is 1. The first-order valence-corrected chi connectivity index (χ1v) is 9.95. The van der Waals surface area contributed by atoms with Crippen LogP contribution in [0.1, 0.15) is 40.2 Å². The summed E-state index contributed by atoms with van der Waals surface area (Å²) in [7, 11) is 0. The second-order valence-corrected chi connectivity index (χ2v) is 8.30. The fourth-order valence-electron chi connectivity index (χ4n) is 3.77. The maximum atomic E-state index is 13.1. The van der Waals surface area contributed by atoms with Gasteiger partial charge >= 0.3 is 0 Å². The van der Waals surface area contributed by atoms with E-state index in [0.29, 0.717) is 11.5 Å². The molecular weight excluding hydrogens is 326 g/mol. The molecule has 1 aliphatic carbocycles. The van der Waals surface area contributed by atoms with E-state index in [1.54, 1.807) is 16.8 Å². The van der Waals surface area contributed by atoms with Gasteiger partial charge in [0.15, 0.2) is 0 Å². The number of carbonyl (C=O) groups is 1. The Kier molecular flexibility index (Phi) is 3.99. The first-order chi connectivity index (χ1) is 11.2. The van der Waals surface area contributed by atoms with Crippen LogP contribution < -0.4 is 5.32 Å². The lowest BCUT2D eigenvalue weighted by Gasteiger charge is -2.29. The Hall–Kier alpha value is -1.24. The second-order valence-electron chi connectivity index (χ2n) is 6.66. The highest BCUT2D eigenvalue weighted by Gasteiger charge is 2.57.